The lowest BCUT2D eigenvalue weighted by Crippen LogP contribution is -2.48. The molecule has 1 aromatic carbocycles. The Hall–Kier alpha value is -1.42. The van der Waals surface area contributed by atoms with Crippen LogP contribution in [0.3, 0.4) is 0 Å². The molecule has 1 unspecified atom stereocenters. The molecule has 18 heavy (non-hydrogen) atoms. The van der Waals surface area contributed by atoms with Gasteiger partial charge in [-0.3, -0.25) is 4.79 Å². The van der Waals surface area contributed by atoms with Crippen LogP contribution in [0, 0.1) is 5.82 Å². The average Bonchev–Trinajstić information content (AvgIpc) is 2.56. The van der Waals surface area contributed by atoms with Crippen molar-refractivity contribution < 1.29 is 13.9 Å². The molecule has 1 heterocycles. The summed E-state index contributed by atoms with van der Waals surface area (Å²) >= 11 is 0. The fraction of sp³-hybridized carbons (Fsp3) is 0.500. The summed E-state index contributed by atoms with van der Waals surface area (Å²) in [4.78, 5) is 14.0. The summed E-state index contributed by atoms with van der Waals surface area (Å²) in [5.74, 6) is -0.277. The van der Waals surface area contributed by atoms with Gasteiger partial charge in [0, 0.05) is 0 Å². The van der Waals surface area contributed by atoms with E-state index in [-0.39, 0.29) is 29.9 Å². The van der Waals surface area contributed by atoms with E-state index in [9.17, 15) is 9.18 Å². The van der Waals surface area contributed by atoms with Crippen LogP contribution in [-0.4, -0.2) is 29.2 Å². The predicted octanol–water partition coefficient (Wildman–Crippen LogP) is 2.35. The number of carbonyl (C=O) groups excluding carboxylic acids is 1. The van der Waals surface area contributed by atoms with Crippen LogP contribution in [0.4, 0.5) is 4.39 Å². The van der Waals surface area contributed by atoms with E-state index in [0.717, 1.165) is 5.56 Å². The van der Waals surface area contributed by atoms with Gasteiger partial charge < -0.3 is 9.64 Å². The molecule has 2 rings (SSSR count). The maximum Gasteiger partial charge on any atom is 0.229 e. The summed E-state index contributed by atoms with van der Waals surface area (Å²) in [6.45, 7) is 6.39. The van der Waals surface area contributed by atoms with Crippen molar-refractivity contribution in [2.24, 2.45) is 0 Å². The molecule has 1 amide bonds. The number of benzene rings is 1. The Morgan fingerprint density at radius 2 is 2.06 bits per heavy atom. The number of hydrogen-bond donors (Lipinski definition) is 0. The smallest absolute Gasteiger partial charge is 0.229 e. The van der Waals surface area contributed by atoms with Crippen molar-refractivity contribution in [3.05, 3.63) is 35.6 Å². The van der Waals surface area contributed by atoms with Crippen molar-refractivity contribution >= 4 is 5.91 Å². The Morgan fingerprint density at radius 1 is 1.44 bits per heavy atom. The van der Waals surface area contributed by atoms with Crippen molar-refractivity contribution in [2.75, 3.05) is 6.61 Å². The van der Waals surface area contributed by atoms with Crippen molar-refractivity contribution in [1.82, 2.24) is 4.90 Å². The molecule has 4 heteroatoms. The summed E-state index contributed by atoms with van der Waals surface area (Å²) in [5.41, 5.74) is 0.535. The van der Waals surface area contributed by atoms with E-state index >= 15 is 0 Å². The van der Waals surface area contributed by atoms with Gasteiger partial charge in [0.15, 0.2) is 0 Å². The number of halogens is 1. The lowest BCUT2D eigenvalue weighted by Gasteiger charge is -2.32. The van der Waals surface area contributed by atoms with Crippen LogP contribution < -0.4 is 0 Å². The first-order valence-electron chi connectivity index (χ1n) is 6.08. The van der Waals surface area contributed by atoms with Crippen molar-refractivity contribution in [1.29, 1.82) is 0 Å². The van der Waals surface area contributed by atoms with Gasteiger partial charge in [-0.1, -0.05) is 12.1 Å². The van der Waals surface area contributed by atoms with Gasteiger partial charge in [0.25, 0.3) is 0 Å². The molecule has 0 radical (unpaired) electrons. The zero-order valence-corrected chi connectivity index (χ0v) is 10.9. The molecule has 0 bridgehead atoms. The highest BCUT2D eigenvalue weighted by atomic mass is 19.1. The number of ether oxygens (including phenoxy) is 1. The van der Waals surface area contributed by atoms with E-state index in [2.05, 4.69) is 0 Å². The third kappa shape index (κ3) is 2.53. The average molecular weight is 251 g/mol. The minimum atomic E-state index is -0.288. The topological polar surface area (TPSA) is 29.5 Å². The van der Waals surface area contributed by atoms with Gasteiger partial charge in [-0.2, -0.15) is 0 Å². The molecule has 1 aliphatic rings. The Bertz CT molecular complexity index is 442. The van der Waals surface area contributed by atoms with Crippen LogP contribution in [-0.2, 0) is 16.0 Å². The molecule has 1 atom stereocenters. The molecular weight excluding hydrogens is 233 g/mol. The van der Waals surface area contributed by atoms with E-state index in [4.69, 9.17) is 4.74 Å². The van der Waals surface area contributed by atoms with E-state index in [1.807, 2.05) is 20.8 Å². The molecule has 0 spiro atoms. The van der Waals surface area contributed by atoms with Gasteiger partial charge in [0.05, 0.1) is 18.6 Å². The first kappa shape index (κ1) is 13.0. The van der Waals surface area contributed by atoms with E-state index in [1.165, 1.54) is 12.1 Å². The first-order valence-corrected chi connectivity index (χ1v) is 6.08. The number of carbonyl (C=O) groups is 1. The van der Waals surface area contributed by atoms with Gasteiger partial charge >= 0.3 is 0 Å². The van der Waals surface area contributed by atoms with Crippen LogP contribution in [0.2, 0.25) is 0 Å². The highest BCUT2D eigenvalue weighted by Gasteiger charge is 2.41. The van der Waals surface area contributed by atoms with Gasteiger partial charge in [-0.15, -0.1) is 0 Å². The Morgan fingerprint density at radius 3 is 2.56 bits per heavy atom. The largest absolute Gasteiger partial charge is 0.356 e. The van der Waals surface area contributed by atoms with E-state index in [1.54, 1.807) is 17.0 Å². The molecule has 1 saturated heterocycles. The molecule has 1 aliphatic heterocycles. The second-order valence-electron chi connectivity index (χ2n) is 5.29. The normalized spacial score (nSPS) is 22.2. The summed E-state index contributed by atoms with van der Waals surface area (Å²) in [6.07, 6.45) is 0.0742. The fourth-order valence-corrected chi connectivity index (χ4v) is 2.36. The minimum absolute atomic E-state index is 0.0107. The number of rotatable bonds is 2. The molecule has 0 saturated carbocycles. The highest BCUT2D eigenvalue weighted by molar-refractivity contribution is 5.80. The molecule has 0 N–H and O–H groups in total. The van der Waals surface area contributed by atoms with Crippen molar-refractivity contribution in [2.45, 2.75) is 39.0 Å². The second-order valence-corrected chi connectivity index (χ2v) is 5.29. The van der Waals surface area contributed by atoms with Gasteiger partial charge in [0.2, 0.25) is 5.91 Å². The Kier molecular flexibility index (Phi) is 3.39. The number of amides is 1. The van der Waals surface area contributed by atoms with Crippen LogP contribution >= 0.6 is 0 Å². The first-order chi connectivity index (χ1) is 8.40. The highest BCUT2D eigenvalue weighted by Crippen LogP contribution is 2.27. The van der Waals surface area contributed by atoms with Crippen LogP contribution in [0.25, 0.3) is 0 Å². The summed E-state index contributed by atoms with van der Waals surface area (Å²) in [5, 5.41) is 0. The quantitative estimate of drug-likeness (QED) is 0.807. The maximum absolute atomic E-state index is 12.8. The monoisotopic (exact) mass is 251 g/mol. The fourth-order valence-electron chi connectivity index (χ4n) is 2.36. The molecule has 0 aromatic heterocycles. The molecule has 1 fully saturated rings. The lowest BCUT2D eigenvalue weighted by molar-refractivity contribution is -0.138. The van der Waals surface area contributed by atoms with E-state index in [0.29, 0.717) is 6.61 Å². The molecule has 3 nitrogen and oxygen atoms in total. The maximum atomic E-state index is 12.8. The van der Waals surface area contributed by atoms with Crippen LogP contribution in [0.5, 0.6) is 0 Å². The standard InChI is InChI=1S/C14H18FNO2/c1-10-16(14(2,3)9-18-10)13(17)8-11-4-6-12(15)7-5-11/h4-7,10H,8-9H2,1-3H3. The second kappa shape index (κ2) is 4.69. The third-order valence-electron chi connectivity index (χ3n) is 3.23. The minimum Gasteiger partial charge on any atom is -0.356 e. The predicted molar refractivity (Wildman–Crippen MR) is 66.4 cm³/mol. The van der Waals surface area contributed by atoms with Crippen molar-refractivity contribution in [3.63, 3.8) is 0 Å². The molecule has 98 valence electrons. The van der Waals surface area contributed by atoms with Crippen molar-refractivity contribution in [3.8, 4) is 0 Å². The summed E-state index contributed by atoms with van der Waals surface area (Å²) in [6, 6.07) is 6.03. The Labute approximate surface area is 107 Å². The number of hydrogen-bond acceptors (Lipinski definition) is 2. The molecule has 0 aliphatic carbocycles. The van der Waals surface area contributed by atoms with Crippen LogP contribution in [0.1, 0.15) is 26.3 Å². The summed E-state index contributed by atoms with van der Waals surface area (Å²) in [7, 11) is 0. The van der Waals surface area contributed by atoms with Gasteiger partial charge in [0.1, 0.15) is 12.0 Å². The lowest BCUT2D eigenvalue weighted by atomic mass is 10.0. The SMILES string of the molecule is CC1OCC(C)(C)N1C(=O)Cc1ccc(F)cc1. The number of nitrogens with zero attached hydrogens (tertiary/aromatic N) is 1. The van der Waals surface area contributed by atoms with E-state index < -0.39 is 0 Å². The zero-order valence-electron chi connectivity index (χ0n) is 10.9. The Balaban J connectivity index is 2.10. The third-order valence-corrected chi connectivity index (χ3v) is 3.23. The van der Waals surface area contributed by atoms with Gasteiger partial charge in [-0.05, 0) is 38.5 Å². The zero-order chi connectivity index (χ0) is 13.3. The van der Waals surface area contributed by atoms with Crippen LogP contribution in [0.15, 0.2) is 24.3 Å². The van der Waals surface area contributed by atoms with Gasteiger partial charge in [-0.25, -0.2) is 4.39 Å². The molecular formula is C14H18FNO2. The molecule has 1 aromatic rings. The summed E-state index contributed by atoms with van der Waals surface area (Å²) < 4.78 is 18.3.